The number of ether oxygens (including phenoxy) is 10. The summed E-state index contributed by atoms with van der Waals surface area (Å²) in [7, 11) is 1.33. The highest BCUT2D eigenvalue weighted by molar-refractivity contribution is 5.91. The van der Waals surface area contributed by atoms with Gasteiger partial charge in [0, 0.05) is 7.11 Å². The van der Waals surface area contributed by atoms with Crippen LogP contribution in [0.4, 0.5) is 0 Å². The van der Waals surface area contributed by atoms with Crippen LogP contribution in [0, 0.1) is 0 Å². The lowest BCUT2D eigenvalue weighted by atomic mass is 9.97. The molecule has 69 heavy (non-hydrogen) atoms. The van der Waals surface area contributed by atoms with Crippen LogP contribution in [0.2, 0.25) is 0 Å². The second-order valence-electron chi connectivity index (χ2n) is 16.4. The van der Waals surface area contributed by atoms with Crippen molar-refractivity contribution >= 4 is 17.9 Å². The van der Waals surface area contributed by atoms with Gasteiger partial charge in [-0.15, -0.1) is 0 Å². The molecule has 0 saturated carbocycles. The van der Waals surface area contributed by atoms with Gasteiger partial charge in [-0.2, -0.15) is 0 Å². The number of hydrogen-bond acceptors (Lipinski definition) is 14. The van der Waals surface area contributed by atoms with E-state index in [9.17, 15) is 19.5 Å². The fourth-order valence-electron chi connectivity index (χ4n) is 8.05. The molecule has 6 aromatic carbocycles. The highest BCUT2D eigenvalue weighted by Gasteiger charge is 2.54. The molecule has 0 aromatic heterocycles. The number of benzene rings is 6. The molecule has 0 unspecified atom stereocenters. The molecule has 358 valence electrons. The third-order valence-corrected chi connectivity index (χ3v) is 11.6. The lowest BCUT2D eigenvalue weighted by Gasteiger charge is -2.46. The van der Waals surface area contributed by atoms with Crippen molar-refractivity contribution in [1.82, 2.24) is 0 Å². The first-order chi connectivity index (χ1) is 33.8. The van der Waals surface area contributed by atoms with Crippen molar-refractivity contribution in [3.05, 3.63) is 215 Å². The van der Waals surface area contributed by atoms with E-state index in [4.69, 9.17) is 47.4 Å². The molecule has 14 nitrogen and oxygen atoms in total. The van der Waals surface area contributed by atoms with E-state index in [1.807, 2.05) is 91.0 Å². The normalized spacial score (nSPS) is 24.4. The van der Waals surface area contributed by atoms with Crippen LogP contribution in [0.15, 0.2) is 182 Å². The van der Waals surface area contributed by atoms with Gasteiger partial charge < -0.3 is 52.5 Å². The van der Waals surface area contributed by atoms with Crippen LogP contribution in [0.3, 0.4) is 0 Å². The molecule has 0 amide bonds. The number of rotatable bonds is 20. The third-order valence-electron chi connectivity index (χ3n) is 11.6. The van der Waals surface area contributed by atoms with Crippen LogP contribution in [0.5, 0.6) is 0 Å². The summed E-state index contributed by atoms with van der Waals surface area (Å²) in [6, 6.07) is 53.4. The number of aliphatic hydroxyl groups is 1. The Bertz CT molecular complexity index is 2480. The highest BCUT2D eigenvalue weighted by Crippen LogP contribution is 2.34. The zero-order valence-electron chi connectivity index (χ0n) is 37.9. The zero-order chi connectivity index (χ0) is 47.8. The SMILES string of the molecule is CO[C@H]1O[C@H](CO[C@H]2O[C@H](COCc3ccccc3)[C@@H](OCc3ccccc3)[C@H](OCc3ccccc3)[C@H]2O)[C@@H](OC(=O)c2ccccc2)[C@H](OC(=O)c2ccccc2)[C@H]1OC(=O)c1ccccc1. The lowest BCUT2D eigenvalue weighted by Crippen LogP contribution is -2.64. The van der Waals surface area contributed by atoms with Crippen molar-refractivity contribution in [2.75, 3.05) is 20.3 Å². The number of carbonyl (C=O) groups excluding carboxylic acids is 3. The van der Waals surface area contributed by atoms with Crippen LogP contribution >= 0.6 is 0 Å². The fourth-order valence-corrected chi connectivity index (χ4v) is 8.05. The maximum Gasteiger partial charge on any atom is 0.338 e. The Kier molecular flexibility index (Phi) is 17.4. The average molecular weight is 939 g/mol. The van der Waals surface area contributed by atoms with E-state index < -0.39 is 85.9 Å². The van der Waals surface area contributed by atoms with Crippen molar-refractivity contribution < 1.29 is 66.9 Å². The van der Waals surface area contributed by atoms with Gasteiger partial charge in [0.05, 0.1) is 49.7 Å². The summed E-state index contributed by atoms with van der Waals surface area (Å²) >= 11 is 0. The Balaban J connectivity index is 1.11. The molecular weight excluding hydrogens is 885 g/mol. The molecule has 2 saturated heterocycles. The molecule has 10 atom stereocenters. The molecule has 14 heteroatoms. The Morgan fingerprint density at radius 2 is 0.797 bits per heavy atom. The molecule has 2 aliphatic rings. The van der Waals surface area contributed by atoms with E-state index in [1.165, 1.54) is 7.11 Å². The molecule has 0 aliphatic carbocycles. The molecular formula is C55H54O14. The highest BCUT2D eigenvalue weighted by atomic mass is 16.8. The van der Waals surface area contributed by atoms with E-state index in [2.05, 4.69) is 0 Å². The van der Waals surface area contributed by atoms with Gasteiger partial charge in [0.1, 0.15) is 30.5 Å². The van der Waals surface area contributed by atoms with Crippen molar-refractivity contribution in [3.8, 4) is 0 Å². The van der Waals surface area contributed by atoms with Crippen LogP contribution in [-0.4, -0.2) is 105 Å². The first kappa shape index (κ1) is 48.9. The number of aliphatic hydroxyl groups excluding tert-OH is 1. The van der Waals surface area contributed by atoms with Crippen molar-refractivity contribution in [3.63, 3.8) is 0 Å². The van der Waals surface area contributed by atoms with Crippen LogP contribution in [0.25, 0.3) is 0 Å². The van der Waals surface area contributed by atoms with Crippen LogP contribution < -0.4 is 0 Å². The van der Waals surface area contributed by atoms with E-state index in [0.717, 1.165) is 16.7 Å². The summed E-state index contributed by atoms with van der Waals surface area (Å²) in [4.78, 5) is 41.6. The van der Waals surface area contributed by atoms with Gasteiger partial charge in [-0.1, -0.05) is 146 Å². The molecule has 6 aromatic rings. The average Bonchev–Trinajstić information content (AvgIpc) is 3.40. The molecule has 2 heterocycles. The number of carbonyl (C=O) groups is 3. The van der Waals surface area contributed by atoms with Gasteiger partial charge in [0.25, 0.3) is 0 Å². The zero-order valence-corrected chi connectivity index (χ0v) is 37.9. The minimum Gasteiger partial charge on any atom is -0.452 e. The Labute approximate surface area is 400 Å². The van der Waals surface area contributed by atoms with Gasteiger partial charge >= 0.3 is 17.9 Å². The van der Waals surface area contributed by atoms with Gasteiger partial charge in [-0.25, -0.2) is 14.4 Å². The Morgan fingerprint density at radius 3 is 1.26 bits per heavy atom. The molecule has 0 bridgehead atoms. The minimum absolute atomic E-state index is 0.0150. The maximum atomic E-state index is 14.0. The van der Waals surface area contributed by atoms with E-state index in [-0.39, 0.29) is 43.1 Å². The number of hydrogen-bond donors (Lipinski definition) is 1. The van der Waals surface area contributed by atoms with E-state index in [0.29, 0.717) is 0 Å². The Morgan fingerprint density at radius 1 is 0.420 bits per heavy atom. The summed E-state index contributed by atoms with van der Waals surface area (Å²) in [6.45, 7) is 0.133. The summed E-state index contributed by atoms with van der Waals surface area (Å²) in [5.74, 6) is -2.38. The van der Waals surface area contributed by atoms with Crippen molar-refractivity contribution in [2.24, 2.45) is 0 Å². The second kappa shape index (κ2) is 24.6. The predicted octanol–water partition coefficient (Wildman–Crippen LogP) is 7.52. The Hall–Kier alpha value is -6.59. The first-order valence-electron chi connectivity index (χ1n) is 22.7. The van der Waals surface area contributed by atoms with Gasteiger partial charge in [-0.3, -0.25) is 0 Å². The third kappa shape index (κ3) is 13.1. The topological polar surface area (TPSA) is 164 Å². The van der Waals surface area contributed by atoms with Gasteiger partial charge in [0.2, 0.25) is 0 Å². The summed E-state index contributed by atoms with van der Waals surface area (Å²) in [6.07, 6.45) is -12.8. The van der Waals surface area contributed by atoms with Crippen molar-refractivity contribution in [2.45, 2.75) is 81.2 Å². The molecule has 2 fully saturated rings. The summed E-state index contributed by atoms with van der Waals surface area (Å²) in [5.41, 5.74) is 3.25. The van der Waals surface area contributed by atoms with Crippen molar-refractivity contribution in [1.29, 1.82) is 0 Å². The van der Waals surface area contributed by atoms with Gasteiger partial charge in [0.15, 0.2) is 30.9 Å². The molecule has 1 N–H and O–H groups in total. The second-order valence-corrected chi connectivity index (χ2v) is 16.4. The monoisotopic (exact) mass is 938 g/mol. The number of methoxy groups -OCH3 is 1. The molecule has 0 spiro atoms. The largest absolute Gasteiger partial charge is 0.452 e. The molecule has 2 aliphatic heterocycles. The molecule has 8 rings (SSSR count). The fraction of sp³-hybridized carbons (Fsp3) is 0.291. The molecule has 0 radical (unpaired) electrons. The lowest BCUT2D eigenvalue weighted by molar-refractivity contribution is -0.336. The number of esters is 3. The van der Waals surface area contributed by atoms with Crippen LogP contribution in [0.1, 0.15) is 47.8 Å². The first-order valence-corrected chi connectivity index (χ1v) is 22.7. The standard InChI is InChI=1S/C55H54O14/c1-60-55-50(69-53(59)42-30-18-7-19-31-42)49(68-52(58)41-28-16-6-17-29-41)47(67-51(57)40-26-14-5-15-27-40)44(66-55)36-64-54-45(56)48(63-34-39-24-12-4-13-25-39)46(62-33-38-22-10-3-11-23-38)43(65-54)35-61-32-37-20-8-2-9-21-37/h2-31,43-50,54-56H,32-36H2,1H3/t43-,44-,45-,46-,47-,48-,49+,50-,54+,55+/m1/s1. The van der Waals surface area contributed by atoms with Gasteiger partial charge in [-0.05, 0) is 53.1 Å². The minimum atomic E-state index is -1.53. The van der Waals surface area contributed by atoms with E-state index in [1.54, 1.807) is 91.0 Å². The quantitative estimate of drug-likeness (QED) is 0.0590. The predicted molar refractivity (Wildman–Crippen MR) is 249 cm³/mol. The summed E-state index contributed by atoms with van der Waals surface area (Å²) < 4.78 is 63.0. The smallest absolute Gasteiger partial charge is 0.338 e. The maximum absolute atomic E-state index is 14.0. The van der Waals surface area contributed by atoms with Crippen LogP contribution in [-0.2, 0) is 67.2 Å². The van der Waals surface area contributed by atoms with E-state index >= 15 is 0 Å². The summed E-state index contributed by atoms with van der Waals surface area (Å²) in [5, 5.41) is 12.3.